The summed E-state index contributed by atoms with van der Waals surface area (Å²) in [5.41, 5.74) is 1.31. The van der Waals surface area contributed by atoms with Crippen molar-refractivity contribution in [2.75, 3.05) is 45.7 Å². The van der Waals surface area contributed by atoms with E-state index in [2.05, 4.69) is 33.2 Å². The largest absolute Gasteiger partial charge is 0.362 e. The molecule has 1 N–H and O–H groups in total. The van der Waals surface area contributed by atoms with Crippen molar-refractivity contribution in [1.29, 1.82) is 0 Å². The van der Waals surface area contributed by atoms with Gasteiger partial charge in [-0.1, -0.05) is 6.07 Å². The molecular weight excluding hydrogens is 200 g/mol. The highest BCUT2D eigenvalue weighted by Gasteiger charge is 2.23. The summed E-state index contributed by atoms with van der Waals surface area (Å²) in [7, 11) is 6.27. The van der Waals surface area contributed by atoms with Crippen LogP contribution in [0, 0.1) is 0 Å². The Morgan fingerprint density at radius 1 is 1.50 bits per heavy atom. The molecule has 0 amide bonds. The van der Waals surface area contributed by atoms with Crippen LogP contribution in [0.2, 0.25) is 0 Å². The number of nitrogens with zero attached hydrogens (tertiary/aromatic N) is 3. The third-order valence-corrected chi connectivity index (χ3v) is 3.11. The van der Waals surface area contributed by atoms with E-state index in [1.165, 1.54) is 5.56 Å². The molecule has 1 atom stereocenters. The van der Waals surface area contributed by atoms with Crippen molar-refractivity contribution in [2.24, 2.45) is 0 Å². The molecule has 1 aliphatic rings. The van der Waals surface area contributed by atoms with Gasteiger partial charge in [-0.3, -0.25) is 4.90 Å². The van der Waals surface area contributed by atoms with Crippen molar-refractivity contribution < 1.29 is 0 Å². The molecule has 4 nitrogen and oxygen atoms in total. The molecule has 0 aromatic carbocycles. The molecule has 0 aliphatic carbocycles. The number of piperazine rings is 1. The van der Waals surface area contributed by atoms with E-state index in [1.54, 1.807) is 0 Å². The maximum absolute atomic E-state index is 4.46. The Hall–Kier alpha value is -1.13. The standard InChI is InChI=1S/C12H20N4/c1-15(2)12-10(5-4-6-14-12)11-9-13-7-8-16(11)3/h4-6,11,13H,7-9H2,1-3H3. The number of anilines is 1. The lowest BCUT2D eigenvalue weighted by Crippen LogP contribution is -2.44. The Morgan fingerprint density at radius 2 is 2.31 bits per heavy atom. The molecule has 2 heterocycles. The number of hydrogen-bond donors (Lipinski definition) is 1. The summed E-state index contributed by atoms with van der Waals surface area (Å²) in [5.74, 6) is 1.07. The molecule has 2 rings (SSSR count). The fraction of sp³-hybridized carbons (Fsp3) is 0.583. The van der Waals surface area contributed by atoms with E-state index in [4.69, 9.17) is 0 Å². The maximum Gasteiger partial charge on any atom is 0.132 e. The van der Waals surface area contributed by atoms with Gasteiger partial charge in [0, 0.05) is 45.5 Å². The normalized spacial score (nSPS) is 22.1. The van der Waals surface area contributed by atoms with Gasteiger partial charge in [0.05, 0.1) is 6.04 Å². The van der Waals surface area contributed by atoms with E-state index in [9.17, 15) is 0 Å². The zero-order valence-corrected chi connectivity index (χ0v) is 10.3. The van der Waals surface area contributed by atoms with E-state index >= 15 is 0 Å². The average Bonchev–Trinajstić information content (AvgIpc) is 2.29. The number of likely N-dealkylation sites (N-methyl/N-ethyl adjacent to an activating group) is 1. The van der Waals surface area contributed by atoms with Crippen LogP contribution < -0.4 is 10.2 Å². The molecule has 1 aliphatic heterocycles. The lowest BCUT2D eigenvalue weighted by Gasteiger charge is -2.34. The first kappa shape index (κ1) is 11.4. The number of nitrogens with one attached hydrogen (secondary N) is 1. The molecule has 16 heavy (non-hydrogen) atoms. The molecule has 1 aromatic rings. The van der Waals surface area contributed by atoms with Crippen LogP contribution in [0.3, 0.4) is 0 Å². The Bertz CT molecular complexity index is 351. The molecular formula is C12H20N4. The second kappa shape index (κ2) is 4.80. The summed E-state index contributed by atoms with van der Waals surface area (Å²) < 4.78 is 0. The molecule has 1 fully saturated rings. The highest BCUT2D eigenvalue weighted by molar-refractivity contribution is 5.47. The van der Waals surface area contributed by atoms with Crippen LogP contribution in [0.4, 0.5) is 5.82 Å². The predicted molar refractivity (Wildman–Crippen MR) is 66.8 cm³/mol. The smallest absolute Gasteiger partial charge is 0.132 e. The summed E-state index contributed by atoms with van der Waals surface area (Å²) in [6.45, 7) is 3.17. The minimum atomic E-state index is 0.430. The molecule has 1 aromatic heterocycles. The fourth-order valence-corrected chi connectivity index (χ4v) is 2.20. The molecule has 88 valence electrons. The van der Waals surface area contributed by atoms with Crippen LogP contribution in [0.15, 0.2) is 18.3 Å². The Morgan fingerprint density at radius 3 is 3.00 bits per heavy atom. The third-order valence-electron chi connectivity index (χ3n) is 3.11. The second-order valence-corrected chi connectivity index (χ2v) is 4.51. The van der Waals surface area contributed by atoms with Crippen molar-refractivity contribution in [2.45, 2.75) is 6.04 Å². The maximum atomic E-state index is 4.46. The van der Waals surface area contributed by atoms with Gasteiger partial charge in [0.15, 0.2) is 0 Å². The minimum absolute atomic E-state index is 0.430. The quantitative estimate of drug-likeness (QED) is 0.796. The van der Waals surface area contributed by atoms with Crippen molar-refractivity contribution >= 4 is 5.82 Å². The topological polar surface area (TPSA) is 31.4 Å². The average molecular weight is 220 g/mol. The molecule has 0 spiro atoms. The Kier molecular flexibility index (Phi) is 3.41. The van der Waals surface area contributed by atoms with Crippen LogP contribution in [-0.2, 0) is 0 Å². The van der Waals surface area contributed by atoms with Gasteiger partial charge in [-0.15, -0.1) is 0 Å². The van der Waals surface area contributed by atoms with E-state index in [1.807, 2.05) is 26.4 Å². The van der Waals surface area contributed by atoms with Gasteiger partial charge in [0.1, 0.15) is 5.82 Å². The molecule has 4 heteroatoms. The van der Waals surface area contributed by atoms with E-state index in [0.29, 0.717) is 6.04 Å². The van der Waals surface area contributed by atoms with Gasteiger partial charge in [-0.25, -0.2) is 4.98 Å². The minimum Gasteiger partial charge on any atom is -0.362 e. The number of hydrogen-bond acceptors (Lipinski definition) is 4. The number of pyridine rings is 1. The van der Waals surface area contributed by atoms with Gasteiger partial charge < -0.3 is 10.2 Å². The van der Waals surface area contributed by atoms with Crippen LogP contribution in [0.1, 0.15) is 11.6 Å². The highest BCUT2D eigenvalue weighted by atomic mass is 15.2. The van der Waals surface area contributed by atoms with Crippen LogP contribution >= 0.6 is 0 Å². The first-order valence-electron chi connectivity index (χ1n) is 5.73. The molecule has 0 saturated carbocycles. The van der Waals surface area contributed by atoms with Gasteiger partial charge in [-0.05, 0) is 13.1 Å². The summed E-state index contributed by atoms with van der Waals surface area (Å²) in [4.78, 5) is 8.93. The van der Waals surface area contributed by atoms with Crippen LogP contribution in [-0.4, -0.2) is 50.7 Å². The SMILES string of the molecule is CN(C)c1ncccc1C1CNCCN1C. The molecule has 0 radical (unpaired) electrons. The fourth-order valence-electron chi connectivity index (χ4n) is 2.20. The van der Waals surface area contributed by atoms with E-state index in [-0.39, 0.29) is 0 Å². The first-order chi connectivity index (χ1) is 7.70. The monoisotopic (exact) mass is 220 g/mol. The summed E-state index contributed by atoms with van der Waals surface area (Å²) in [6, 6.07) is 4.63. The Balaban J connectivity index is 2.31. The summed E-state index contributed by atoms with van der Waals surface area (Å²) in [6.07, 6.45) is 1.86. The predicted octanol–water partition coefficient (Wildman–Crippen LogP) is 0.724. The van der Waals surface area contributed by atoms with Crippen molar-refractivity contribution in [3.05, 3.63) is 23.9 Å². The first-order valence-corrected chi connectivity index (χ1v) is 5.73. The van der Waals surface area contributed by atoms with Gasteiger partial charge >= 0.3 is 0 Å². The van der Waals surface area contributed by atoms with Crippen LogP contribution in [0.5, 0.6) is 0 Å². The second-order valence-electron chi connectivity index (χ2n) is 4.51. The lowest BCUT2D eigenvalue weighted by atomic mass is 10.0. The van der Waals surface area contributed by atoms with Crippen molar-refractivity contribution in [3.8, 4) is 0 Å². The summed E-state index contributed by atoms with van der Waals surface area (Å²) >= 11 is 0. The summed E-state index contributed by atoms with van der Waals surface area (Å²) in [5, 5.41) is 3.44. The molecule has 1 unspecified atom stereocenters. The van der Waals surface area contributed by atoms with Gasteiger partial charge in [0.25, 0.3) is 0 Å². The Labute approximate surface area is 97.3 Å². The molecule has 0 bridgehead atoms. The van der Waals surface area contributed by atoms with E-state index < -0.39 is 0 Å². The van der Waals surface area contributed by atoms with Crippen molar-refractivity contribution in [3.63, 3.8) is 0 Å². The van der Waals surface area contributed by atoms with E-state index in [0.717, 1.165) is 25.5 Å². The molecule has 1 saturated heterocycles. The highest BCUT2D eigenvalue weighted by Crippen LogP contribution is 2.27. The third kappa shape index (κ3) is 2.18. The van der Waals surface area contributed by atoms with Gasteiger partial charge in [0.2, 0.25) is 0 Å². The van der Waals surface area contributed by atoms with Gasteiger partial charge in [-0.2, -0.15) is 0 Å². The number of aromatic nitrogens is 1. The zero-order valence-electron chi connectivity index (χ0n) is 10.3. The zero-order chi connectivity index (χ0) is 11.5. The van der Waals surface area contributed by atoms with Crippen molar-refractivity contribution in [1.82, 2.24) is 15.2 Å². The number of rotatable bonds is 2. The lowest BCUT2D eigenvalue weighted by molar-refractivity contribution is 0.202. The van der Waals surface area contributed by atoms with Crippen LogP contribution in [0.25, 0.3) is 0 Å².